The summed E-state index contributed by atoms with van der Waals surface area (Å²) in [6, 6.07) is 4.24. The number of nitrogens with zero attached hydrogens (tertiary/aromatic N) is 2. The second kappa shape index (κ2) is 4.04. The molecule has 0 aliphatic heterocycles. The van der Waals surface area contributed by atoms with Crippen molar-refractivity contribution >= 4 is 16.7 Å². The van der Waals surface area contributed by atoms with E-state index in [1.165, 1.54) is 12.1 Å². The summed E-state index contributed by atoms with van der Waals surface area (Å²) < 4.78 is 0.738. The number of nitro benzene ring substituents is 1. The number of nitrogens with one attached hydrogen (secondary N) is 1. The topological polar surface area (TPSA) is 85.9 Å². The molecule has 0 atom stereocenters. The highest BCUT2D eigenvalue weighted by molar-refractivity contribution is 5.74. The zero-order valence-electron chi connectivity index (χ0n) is 9.64. The number of benzene rings is 1. The van der Waals surface area contributed by atoms with Crippen molar-refractivity contribution in [3.05, 3.63) is 39.3 Å². The van der Waals surface area contributed by atoms with Crippen LogP contribution in [0.1, 0.15) is 19.7 Å². The van der Waals surface area contributed by atoms with Gasteiger partial charge in [-0.25, -0.2) is 9.71 Å². The van der Waals surface area contributed by atoms with Crippen LogP contribution in [-0.4, -0.2) is 9.91 Å². The number of imidazole rings is 1. The quantitative estimate of drug-likeness (QED) is 0.381. The van der Waals surface area contributed by atoms with Crippen LogP contribution in [0.2, 0.25) is 0 Å². The molecule has 90 valence electrons. The van der Waals surface area contributed by atoms with Gasteiger partial charge in [-0.1, -0.05) is 13.8 Å². The third-order valence-corrected chi connectivity index (χ3v) is 2.54. The highest BCUT2D eigenvalue weighted by Crippen LogP contribution is 2.18. The number of nitro groups is 1. The third-order valence-electron chi connectivity index (χ3n) is 2.54. The van der Waals surface area contributed by atoms with Crippen LogP contribution in [0.4, 0.5) is 5.69 Å². The molecule has 0 fully saturated rings. The summed E-state index contributed by atoms with van der Waals surface area (Å²) in [7, 11) is 0. The standard InChI is InChI=1S/C11H13N3O3/c1-7(2)5-11-12-9-4-3-8(14(16)17)6-10(9)13(11)15/h3-4,6-7,12H,5H2,1-2H3. The number of hydrogen-bond donors (Lipinski definition) is 1. The van der Waals surface area contributed by atoms with Gasteiger partial charge in [-0.15, -0.1) is 0 Å². The van der Waals surface area contributed by atoms with E-state index in [-0.39, 0.29) is 5.69 Å². The number of hydrogen-bond acceptors (Lipinski definition) is 3. The van der Waals surface area contributed by atoms with Crippen molar-refractivity contribution in [2.75, 3.05) is 0 Å². The van der Waals surface area contributed by atoms with Crippen molar-refractivity contribution in [1.82, 2.24) is 4.98 Å². The minimum absolute atomic E-state index is 0.0720. The Morgan fingerprint density at radius 3 is 2.76 bits per heavy atom. The highest BCUT2D eigenvalue weighted by Gasteiger charge is 2.17. The fourth-order valence-electron chi connectivity index (χ4n) is 1.78. The largest absolute Gasteiger partial charge is 0.710 e. The van der Waals surface area contributed by atoms with E-state index in [0.717, 1.165) is 4.73 Å². The van der Waals surface area contributed by atoms with Crippen LogP contribution in [0.15, 0.2) is 18.2 Å². The Bertz CT molecular complexity index is 575. The second-order valence-corrected chi connectivity index (χ2v) is 4.42. The van der Waals surface area contributed by atoms with Gasteiger partial charge in [0.2, 0.25) is 0 Å². The lowest BCUT2D eigenvalue weighted by Crippen LogP contribution is -2.30. The number of non-ortho nitro benzene ring substituents is 1. The molecular formula is C11H13N3O3. The molecule has 0 aliphatic rings. The van der Waals surface area contributed by atoms with E-state index in [0.29, 0.717) is 29.2 Å². The molecule has 0 spiro atoms. The van der Waals surface area contributed by atoms with Crippen molar-refractivity contribution in [3.8, 4) is 0 Å². The van der Waals surface area contributed by atoms with Crippen molar-refractivity contribution < 1.29 is 9.65 Å². The lowest BCUT2D eigenvalue weighted by atomic mass is 10.1. The van der Waals surface area contributed by atoms with Crippen LogP contribution in [0.25, 0.3) is 11.0 Å². The summed E-state index contributed by atoms with van der Waals surface area (Å²) in [6.45, 7) is 4.02. The van der Waals surface area contributed by atoms with Crippen LogP contribution >= 0.6 is 0 Å². The first-order valence-corrected chi connectivity index (χ1v) is 5.37. The first-order chi connectivity index (χ1) is 7.99. The number of aromatic nitrogens is 2. The first kappa shape index (κ1) is 11.4. The molecule has 1 N–H and O–H groups in total. The van der Waals surface area contributed by atoms with Crippen LogP contribution in [0.3, 0.4) is 0 Å². The minimum atomic E-state index is -0.505. The third kappa shape index (κ3) is 2.06. The van der Waals surface area contributed by atoms with Crippen molar-refractivity contribution in [3.63, 3.8) is 0 Å². The first-order valence-electron chi connectivity index (χ1n) is 5.37. The van der Waals surface area contributed by atoms with Gasteiger partial charge in [0.25, 0.3) is 11.5 Å². The van der Waals surface area contributed by atoms with Gasteiger partial charge < -0.3 is 5.21 Å². The van der Waals surface area contributed by atoms with Gasteiger partial charge in [-0.2, -0.15) is 0 Å². The average molecular weight is 235 g/mol. The lowest BCUT2D eigenvalue weighted by molar-refractivity contribution is -0.586. The maximum atomic E-state index is 11.9. The van der Waals surface area contributed by atoms with E-state index >= 15 is 0 Å². The molecule has 2 rings (SSSR count). The molecule has 1 aromatic carbocycles. The second-order valence-electron chi connectivity index (χ2n) is 4.42. The summed E-state index contributed by atoms with van der Waals surface area (Å²) >= 11 is 0. The molecule has 6 nitrogen and oxygen atoms in total. The minimum Gasteiger partial charge on any atom is -0.710 e. The molecule has 17 heavy (non-hydrogen) atoms. The monoisotopic (exact) mass is 235 g/mol. The summed E-state index contributed by atoms with van der Waals surface area (Å²) in [4.78, 5) is 13.1. The van der Waals surface area contributed by atoms with Gasteiger partial charge in [0, 0.05) is 6.07 Å². The van der Waals surface area contributed by atoms with Gasteiger partial charge in [0.15, 0.2) is 11.0 Å². The molecule has 0 bridgehead atoms. The SMILES string of the molecule is CC(C)Cc1[nH]c2ccc([N+](=O)[O-])cc2[n+]1[O-]. The molecule has 0 saturated heterocycles. The molecule has 0 amide bonds. The van der Waals surface area contributed by atoms with Crippen molar-refractivity contribution in [1.29, 1.82) is 0 Å². The summed E-state index contributed by atoms with van der Waals surface area (Å²) in [6.07, 6.45) is 0.617. The van der Waals surface area contributed by atoms with Crippen molar-refractivity contribution in [2.45, 2.75) is 20.3 Å². The number of rotatable bonds is 3. The molecule has 0 aliphatic carbocycles. The maximum absolute atomic E-state index is 11.9. The van der Waals surface area contributed by atoms with E-state index in [1.807, 2.05) is 13.8 Å². The zero-order valence-corrected chi connectivity index (χ0v) is 9.64. The predicted octanol–water partition coefficient (Wildman–Crippen LogP) is 1.91. The predicted molar refractivity (Wildman–Crippen MR) is 62.5 cm³/mol. The fraction of sp³-hybridized carbons (Fsp3) is 0.364. The molecule has 6 heteroatoms. The molecule has 0 radical (unpaired) electrons. The summed E-state index contributed by atoms with van der Waals surface area (Å²) in [5.74, 6) is 0.883. The van der Waals surface area contributed by atoms with Crippen LogP contribution < -0.4 is 4.73 Å². The van der Waals surface area contributed by atoms with Gasteiger partial charge in [0.1, 0.15) is 0 Å². The Hall–Kier alpha value is -2.11. The van der Waals surface area contributed by atoms with E-state index in [1.54, 1.807) is 6.07 Å². The van der Waals surface area contributed by atoms with Crippen molar-refractivity contribution in [2.24, 2.45) is 5.92 Å². The van der Waals surface area contributed by atoms with Crippen LogP contribution in [0.5, 0.6) is 0 Å². The van der Waals surface area contributed by atoms with Gasteiger partial charge in [0.05, 0.1) is 17.4 Å². The Kier molecular flexibility index (Phi) is 2.71. The van der Waals surface area contributed by atoms with Gasteiger partial charge in [-0.05, 0) is 12.0 Å². The number of fused-ring (bicyclic) bond motifs is 1. The van der Waals surface area contributed by atoms with E-state index in [9.17, 15) is 15.3 Å². The Balaban J connectivity index is 2.54. The Morgan fingerprint density at radius 2 is 2.18 bits per heavy atom. The summed E-state index contributed by atoms with van der Waals surface area (Å²) in [5, 5.41) is 22.5. The van der Waals surface area contributed by atoms with Gasteiger partial charge in [-0.3, -0.25) is 10.1 Å². The van der Waals surface area contributed by atoms with E-state index in [4.69, 9.17) is 0 Å². The fourth-order valence-corrected chi connectivity index (χ4v) is 1.78. The maximum Gasteiger partial charge on any atom is 0.274 e. The van der Waals surface area contributed by atoms with Crippen LogP contribution in [0, 0.1) is 21.2 Å². The van der Waals surface area contributed by atoms with E-state index < -0.39 is 4.92 Å². The Morgan fingerprint density at radius 1 is 1.47 bits per heavy atom. The Labute approximate surface area is 97.6 Å². The lowest BCUT2D eigenvalue weighted by Gasteiger charge is -2.04. The molecule has 1 heterocycles. The van der Waals surface area contributed by atoms with Gasteiger partial charge >= 0.3 is 0 Å². The smallest absolute Gasteiger partial charge is 0.274 e. The number of aromatic amines is 1. The average Bonchev–Trinajstić information content (AvgIpc) is 2.55. The molecular weight excluding hydrogens is 222 g/mol. The molecule has 2 aromatic rings. The zero-order chi connectivity index (χ0) is 12.6. The molecule has 0 unspecified atom stereocenters. The summed E-state index contributed by atoms with van der Waals surface area (Å²) in [5.41, 5.74) is 0.869. The van der Waals surface area contributed by atoms with E-state index in [2.05, 4.69) is 4.98 Å². The highest BCUT2D eigenvalue weighted by atomic mass is 16.6. The van der Waals surface area contributed by atoms with Crippen LogP contribution in [-0.2, 0) is 6.42 Å². The number of H-pyrrole nitrogens is 1. The molecule has 0 saturated carbocycles. The normalized spacial score (nSPS) is 11.2. The molecule has 1 aromatic heterocycles.